The number of rotatable bonds is 2. The van der Waals surface area contributed by atoms with E-state index in [-0.39, 0.29) is 11.4 Å². The molecule has 132 valence electrons. The van der Waals surface area contributed by atoms with E-state index < -0.39 is 0 Å². The maximum absolute atomic E-state index is 14.8. The van der Waals surface area contributed by atoms with E-state index in [0.717, 1.165) is 5.69 Å². The molecule has 8 heteroatoms. The Balaban J connectivity index is 1.72. The highest BCUT2D eigenvalue weighted by molar-refractivity contribution is 7.08. The van der Waals surface area contributed by atoms with Gasteiger partial charge in [0.15, 0.2) is 0 Å². The molecule has 3 aromatic heterocycles. The van der Waals surface area contributed by atoms with Crippen LogP contribution in [0.15, 0.2) is 40.0 Å². The number of halogens is 1. The molecule has 1 aliphatic heterocycles. The second kappa shape index (κ2) is 5.93. The zero-order valence-electron chi connectivity index (χ0n) is 13.7. The number of benzene rings is 1. The van der Waals surface area contributed by atoms with Crippen LogP contribution < -0.4 is 10.5 Å². The van der Waals surface area contributed by atoms with Crippen molar-refractivity contribution >= 4 is 38.8 Å². The standard InChI is InChI=1S/C18H15FN4O2S/c19-14-7-12-15(8-16(14)22-2-4-25-5-3-22)20-9-13-17(12)21-23(18(13)24)11-1-6-26-10-11/h1,6-10,21H,2-5H2. The van der Waals surface area contributed by atoms with Gasteiger partial charge in [-0.2, -0.15) is 11.3 Å². The Hall–Kier alpha value is -2.71. The average Bonchev–Trinajstić information content (AvgIpc) is 3.30. The summed E-state index contributed by atoms with van der Waals surface area (Å²) in [5, 5.41) is 7.93. The van der Waals surface area contributed by atoms with Crippen LogP contribution in [0.2, 0.25) is 0 Å². The van der Waals surface area contributed by atoms with Gasteiger partial charge in [0, 0.05) is 30.1 Å². The fourth-order valence-corrected chi connectivity index (χ4v) is 4.00. The lowest BCUT2D eigenvalue weighted by Gasteiger charge is -2.29. The Labute approximate surface area is 151 Å². The summed E-state index contributed by atoms with van der Waals surface area (Å²) >= 11 is 1.51. The monoisotopic (exact) mass is 370 g/mol. The lowest BCUT2D eigenvalue weighted by molar-refractivity contribution is 0.122. The van der Waals surface area contributed by atoms with Crippen LogP contribution in [-0.4, -0.2) is 41.1 Å². The fraction of sp³-hybridized carbons (Fsp3) is 0.222. The summed E-state index contributed by atoms with van der Waals surface area (Å²) in [7, 11) is 0. The molecule has 1 saturated heterocycles. The number of thiophene rings is 1. The summed E-state index contributed by atoms with van der Waals surface area (Å²) in [5.41, 5.74) is 2.34. The van der Waals surface area contributed by atoms with Crippen molar-refractivity contribution in [2.75, 3.05) is 31.2 Å². The molecule has 5 rings (SSSR count). The van der Waals surface area contributed by atoms with Crippen LogP contribution >= 0.6 is 11.3 Å². The van der Waals surface area contributed by atoms with Gasteiger partial charge in [0.05, 0.1) is 41.0 Å². The number of nitrogens with zero attached hydrogens (tertiary/aromatic N) is 3. The number of morpholine rings is 1. The van der Waals surface area contributed by atoms with E-state index >= 15 is 0 Å². The van der Waals surface area contributed by atoms with Crippen LogP contribution in [-0.2, 0) is 4.74 Å². The van der Waals surface area contributed by atoms with Crippen molar-refractivity contribution in [3.05, 3.63) is 51.3 Å². The molecule has 0 spiro atoms. The van der Waals surface area contributed by atoms with Crippen LogP contribution in [0.1, 0.15) is 0 Å². The smallest absolute Gasteiger partial charge is 0.280 e. The summed E-state index contributed by atoms with van der Waals surface area (Å²) < 4.78 is 21.6. The van der Waals surface area contributed by atoms with Gasteiger partial charge in [-0.15, -0.1) is 0 Å². The number of aromatic nitrogens is 3. The van der Waals surface area contributed by atoms with Crippen molar-refractivity contribution in [1.82, 2.24) is 14.8 Å². The first kappa shape index (κ1) is 15.5. The first-order chi connectivity index (χ1) is 12.7. The Morgan fingerprint density at radius 3 is 2.85 bits per heavy atom. The van der Waals surface area contributed by atoms with Crippen molar-refractivity contribution in [2.24, 2.45) is 0 Å². The molecule has 6 nitrogen and oxygen atoms in total. The van der Waals surface area contributed by atoms with Crippen molar-refractivity contribution in [3.8, 4) is 5.69 Å². The van der Waals surface area contributed by atoms with E-state index in [2.05, 4.69) is 10.1 Å². The number of fused-ring (bicyclic) bond motifs is 3. The zero-order chi connectivity index (χ0) is 17.7. The van der Waals surface area contributed by atoms with Gasteiger partial charge in [0.2, 0.25) is 0 Å². The van der Waals surface area contributed by atoms with Gasteiger partial charge in [-0.05, 0) is 23.6 Å². The number of aromatic amines is 1. The quantitative estimate of drug-likeness (QED) is 0.589. The van der Waals surface area contributed by atoms with Crippen molar-refractivity contribution in [3.63, 3.8) is 0 Å². The molecule has 0 amide bonds. The van der Waals surface area contributed by atoms with Gasteiger partial charge in [-0.3, -0.25) is 14.9 Å². The number of hydrogen-bond donors (Lipinski definition) is 1. The summed E-state index contributed by atoms with van der Waals surface area (Å²) in [6, 6.07) is 5.06. The van der Waals surface area contributed by atoms with E-state index in [9.17, 15) is 9.18 Å². The topological polar surface area (TPSA) is 63.2 Å². The highest BCUT2D eigenvalue weighted by Crippen LogP contribution is 2.29. The molecule has 1 fully saturated rings. The highest BCUT2D eigenvalue weighted by atomic mass is 32.1. The van der Waals surface area contributed by atoms with Gasteiger partial charge in [0.1, 0.15) is 5.82 Å². The third-order valence-electron chi connectivity index (χ3n) is 4.71. The van der Waals surface area contributed by atoms with E-state index in [0.29, 0.717) is 53.8 Å². The van der Waals surface area contributed by atoms with Gasteiger partial charge in [-0.1, -0.05) is 0 Å². The second-order valence-electron chi connectivity index (χ2n) is 6.20. The predicted molar refractivity (Wildman–Crippen MR) is 100 cm³/mol. The summed E-state index contributed by atoms with van der Waals surface area (Å²) in [4.78, 5) is 19.0. The van der Waals surface area contributed by atoms with Gasteiger partial charge in [0.25, 0.3) is 5.56 Å². The minimum absolute atomic E-state index is 0.189. The first-order valence-corrected chi connectivity index (χ1v) is 9.25. The van der Waals surface area contributed by atoms with Gasteiger partial charge < -0.3 is 9.64 Å². The van der Waals surface area contributed by atoms with Crippen LogP contribution in [0.4, 0.5) is 10.1 Å². The molecule has 0 aliphatic carbocycles. The van der Waals surface area contributed by atoms with E-state index in [1.165, 1.54) is 22.1 Å². The Morgan fingerprint density at radius 1 is 1.23 bits per heavy atom. The van der Waals surface area contributed by atoms with Gasteiger partial charge in [-0.25, -0.2) is 9.07 Å². The van der Waals surface area contributed by atoms with E-state index in [4.69, 9.17) is 4.74 Å². The molecular weight excluding hydrogens is 355 g/mol. The Morgan fingerprint density at radius 2 is 2.08 bits per heavy atom. The summed E-state index contributed by atoms with van der Waals surface area (Å²) in [6.07, 6.45) is 1.56. The summed E-state index contributed by atoms with van der Waals surface area (Å²) in [5.74, 6) is -0.321. The molecule has 0 bridgehead atoms. The second-order valence-corrected chi connectivity index (χ2v) is 6.98. The van der Waals surface area contributed by atoms with Crippen LogP contribution in [0, 0.1) is 5.82 Å². The molecular formula is C18H15FN4O2S. The number of hydrogen-bond acceptors (Lipinski definition) is 5. The number of pyridine rings is 1. The molecule has 0 atom stereocenters. The molecule has 0 saturated carbocycles. The minimum Gasteiger partial charge on any atom is -0.378 e. The largest absolute Gasteiger partial charge is 0.378 e. The predicted octanol–water partition coefficient (Wildman–Crippen LogP) is 2.90. The van der Waals surface area contributed by atoms with E-state index in [1.54, 1.807) is 12.3 Å². The average molecular weight is 370 g/mol. The SMILES string of the molecule is O=c1c2cnc3cc(N4CCOCC4)c(F)cc3c2[nH]n1-c1ccsc1. The Bertz CT molecular complexity index is 1160. The fourth-order valence-electron chi connectivity index (χ4n) is 3.38. The summed E-state index contributed by atoms with van der Waals surface area (Å²) in [6.45, 7) is 2.47. The third kappa shape index (κ3) is 2.33. The molecule has 0 unspecified atom stereocenters. The zero-order valence-corrected chi connectivity index (χ0v) is 14.6. The van der Waals surface area contributed by atoms with Crippen LogP contribution in [0.3, 0.4) is 0 Å². The van der Waals surface area contributed by atoms with Crippen LogP contribution in [0.25, 0.3) is 27.5 Å². The normalized spacial score (nSPS) is 15.2. The number of nitrogens with one attached hydrogen (secondary N) is 1. The molecule has 1 N–H and O–H groups in total. The number of ether oxygens (including phenoxy) is 1. The lowest BCUT2D eigenvalue weighted by atomic mass is 10.1. The minimum atomic E-state index is -0.321. The molecule has 1 aromatic carbocycles. The van der Waals surface area contributed by atoms with E-state index in [1.807, 2.05) is 21.7 Å². The molecule has 26 heavy (non-hydrogen) atoms. The Kier molecular flexibility index (Phi) is 3.54. The third-order valence-corrected chi connectivity index (χ3v) is 5.38. The number of anilines is 1. The number of H-pyrrole nitrogens is 1. The molecule has 1 aliphatic rings. The maximum Gasteiger partial charge on any atom is 0.280 e. The molecule has 4 heterocycles. The van der Waals surface area contributed by atoms with Crippen LogP contribution in [0.5, 0.6) is 0 Å². The highest BCUT2D eigenvalue weighted by Gasteiger charge is 2.19. The first-order valence-electron chi connectivity index (χ1n) is 8.30. The van der Waals surface area contributed by atoms with Gasteiger partial charge >= 0.3 is 0 Å². The van der Waals surface area contributed by atoms with Crippen molar-refractivity contribution < 1.29 is 9.13 Å². The molecule has 4 aromatic rings. The van der Waals surface area contributed by atoms with Crippen molar-refractivity contribution in [2.45, 2.75) is 0 Å². The lowest BCUT2D eigenvalue weighted by Crippen LogP contribution is -2.36. The maximum atomic E-state index is 14.8. The molecule has 0 radical (unpaired) electrons. The van der Waals surface area contributed by atoms with Crippen molar-refractivity contribution in [1.29, 1.82) is 0 Å².